The van der Waals surface area contributed by atoms with Crippen molar-refractivity contribution in [2.75, 3.05) is 19.3 Å². The van der Waals surface area contributed by atoms with Gasteiger partial charge in [-0.15, -0.1) is 0 Å². The maximum Gasteiger partial charge on any atom is 0.211 e. The number of hydrogen-bond donors (Lipinski definition) is 0. The van der Waals surface area contributed by atoms with Gasteiger partial charge in [-0.2, -0.15) is 0 Å². The Balaban J connectivity index is 1.94. The zero-order valence-corrected chi connectivity index (χ0v) is 13.3. The van der Waals surface area contributed by atoms with E-state index >= 15 is 0 Å². The molecule has 0 aromatic carbocycles. The van der Waals surface area contributed by atoms with Crippen LogP contribution in [0.15, 0.2) is 17.0 Å². The van der Waals surface area contributed by atoms with Gasteiger partial charge in [0.2, 0.25) is 10.0 Å². The quantitative estimate of drug-likeness (QED) is 0.836. The Morgan fingerprint density at radius 1 is 1.32 bits per heavy atom. The van der Waals surface area contributed by atoms with E-state index in [1.54, 1.807) is 16.7 Å². The predicted molar refractivity (Wildman–Crippen MR) is 77.2 cm³/mol. The van der Waals surface area contributed by atoms with Gasteiger partial charge in [0.05, 0.1) is 18.1 Å². The van der Waals surface area contributed by atoms with E-state index in [4.69, 9.17) is 0 Å². The standard InChI is InChI=1S/C12H18BrN3O2S/c1-19(17,18)16-5-2-3-10(4-6-16)7-11-8-15-12(13)9-14-11/h8-10H,2-7H2,1H3/t10-/m0/s1. The van der Waals surface area contributed by atoms with Crippen LogP contribution in [0.4, 0.5) is 0 Å². The Hall–Kier alpha value is -0.530. The summed E-state index contributed by atoms with van der Waals surface area (Å²) in [6.45, 7) is 1.26. The van der Waals surface area contributed by atoms with Crippen molar-refractivity contribution >= 4 is 26.0 Å². The van der Waals surface area contributed by atoms with Crippen molar-refractivity contribution in [2.24, 2.45) is 5.92 Å². The van der Waals surface area contributed by atoms with Crippen LogP contribution < -0.4 is 0 Å². The first kappa shape index (κ1) is 14.9. The lowest BCUT2D eigenvalue weighted by Gasteiger charge is -2.17. The monoisotopic (exact) mass is 347 g/mol. The summed E-state index contributed by atoms with van der Waals surface area (Å²) in [5.74, 6) is 0.488. The Labute approximate surface area is 122 Å². The van der Waals surface area contributed by atoms with Gasteiger partial charge in [0.15, 0.2) is 0 Å². The van der Waals surface area contributed by atoms with Gasteiger partial charge >= 0.3 is 0 Å². The molecule has 0 saturated carbocycles. The van der Waals surface area contributed by atoms with Crippen molar-refractivity contribution < 1.29 is 8.42 Å². The van der Waals surface area contributed by atoms with Gasteiger partial charge in [-0.05, 0) is 47.5 Å². The second-order valence-corrected chi connectivity index (χ2v) is 7.79. The Morgan fingerprint density at radius 3 is 2.74 bits per heavy atom. The largest absolute Gasteiger partial charge is 0.257 e. The number of rotatable bonds is 3. The molecule has 1 aliphatic rings. The van der Waals surface area contributed by atoms with Crippen LogP contribution >= 0.6 is 15.9 Å². The second-order valence-electron chi connectivity index (χ2n) is 4.99. The normalized spacial score (nSPS) is 22.1. The minimum Gasteiger partial charge on any atom is -0.257 e. The Kier molecular flexibility index (Phi) is 4.92. The maximum absolute atomic E-state index is 11.5. The lowest BCUT2D eigenvalue weighted by atomic mass is 9.95. The minimum absolute atomic E-state index is 0.488. The summed E-state index contributed by atoms with van der Waals surface area (Å²) in [7, 11) is -3.05. The van der Waals surface area contributed by atoms with Crippen molar-refractivity contribution in [3.05, 3.63) is 22.7 Å². The van der Waals surface area contributed by atoms with Crippen molar-refractivity contribution in [3.8, 4) is 0 Å². The van der Waals surface area contributed by atoms with E-state index in [2.05, 4.69) is 25.9 Å². The molecular weight excluding hydrogens is 330 g/mol. The smallest absolute Gasteiger partial charge is 0.211 e. The van der Waals surface area contributed by atoms with Gasteiger partial charge in [0.25, 0.3) is 0 Å². The van der Waals surface area contributed by atoms with Crippen LogP contribution in [0.3, 0.4) is 0 Å². The maximum atomic E-state index is 11.5. The lowest BCUT2D eigenvalue weighted by Crippen LogP contribution is -2.30. The molecule has 0 amide bonds. The Bertz CT molecular complexity index is 518. The third-order valence-corrected chi connectivity index (χ3v) is 5.16. The van der Waals surface area contributed by atoms with Crippen LogP contribution in [0, 0.1) is 5.92 Å². The summed E-state index contributed by atoms with van der Waals surface area (Å²) in [6, 6.07) is 0. The molecule has 1 aliphatic heterocycles. The minimum atomic E-state index is -3.05. The molecule has 2 heterocycles. The lowest BCUT2D eigenvalue weighted by molar-refractivity contribution is 0.412. The number of nitrogens with zero attached hydrogens (tertiary/aromatic N) is 3. The highest BCUT2D eigenvalue weighted by Crippen LogP contribution is 2.22. The SMILES string of the molecule is CS(=O)(=O)N1CCC[C@H](Cc2cnc(Br)cn2)CC1. The van der Waals surface area contributed by atoms with Crippen LogP contribution in [0.1, 0.15) is 25.0 Å². The molecule has 1 atom stereocenters. The van der Waals surface area contributed by atoms with E-state index in [0.29, 0.717) is 19.0 Å². The molecule has 7 heteroatoms. The highest BCUT2D eigenvalue weighted by molar-refractivity contribution is 9.10. The molecule has 0 radical (unpaired) electrons. The zero-order chi connectivity index (χ0) is 13.9. The molecule has 1 aromatic rings. The van der Waals surface area contributed by atoms with Gasteiger partial charge in [-0.25, -0.2) is 17.7 Å². The number of halogens is 1. The van der Waals surface area contributed by atoms with Crippen molar-refractivity contribution in [1.29, 1.82) is 0 Å². The summed E-state index contributed by atoms with van der Waals surface area (Å²) < 4.78 is 25.4. The summed E-state index contributed by atoms with van der Waals surface area (Å²) in [5.41, 5.74) is 0.973. The topological polar surface area (TPSA) is 63.2 Å². The first-order valence-corrected chi connectivity index (χ1v) is 9.01. The summed E-state index contributed by atoms with van der Waals surface area (Å²) in [6.07, 6.45) is 8.50. The number of sulfonamides is 1. The van der Waals surface area contributed by atoms with Gasteiger partial charge in [-0.1, -0.05) is 0 Å². The molecule has 0 aliphatic carbocycles. The molecule has 0 spiro atoms. The molecule has 1 saturated heterocycles. The fourth-order valence-electron chi connectivity index (χ4n) is 2.41. The van der Waals surface area contributed by atoms with Gasteiger partial charge in [0, 0.05) is 19.3 Å². The van der Waals surface area contributed by atoms with Gasteiger partial charge < -0.3 is 0 Å². The average molecular weight is 348 g/mol. The van der Waals surface area contributed by atoms with E-state index in [9.17, 15) is 8.42 Å². The molecule has 2 rings (SSSR count). The van der Waals surface area contributed by atoms with Crippen LogP contribution in [0.25, 0.3) is 0 Å². The summed E-state index contributed by atoms with van der Waals surface area (Å²) >= 11 is 3.27. The van der Waals surface area contributed by atoms with Crippen LogP contribution in [-0.2, 0) is 16.4 Å². The molecule has 19 heavy (non-hydrogen) atoms. The van der Waals surface area contributed by atoms with E-state index in [-0.39, 0.29) is 0 Å². The van der Waals surface area contributed by atoms with Gasteiger partial charge in [0.1, 0.15) is 4.60 Å². The average Bonchev–Trinajstić information content (AvgIpc) is 2.57. The fourth-order valence-corrected chi connectivity index (χ4v) is 3.52. The van der Waals surface area contributed by atoms with Crippen molar-refractivity contribution in [1.82, 2.24) is 14.3 Å². The van der Waals surface area contributed by atoms with Crippen LogP contribution in [0.2, 0.25) is 0 Å². The van der Waals surface area contributed by atoms with E-state index in [1.807, 2.05) is 0 Å². The highest BCUT2D eigenvalue weighted by Gasteiger charge is 2.22. The predicted octanol–water partition coefficient (Wildman–Crippen LogP) is 1.84. The molecule has 0 unspecified atom stereocenters. The van der Waals surface area contributed by atoms with Gasteiger partial charge in [-0.3, -0.25) is 4.98 Å². The number of hydrogen-bond acceptors (Lipinski definition) is 4. The van der Waals surface area contributed by atoms with Crippen molar-refractivity contribution in [2.45, 2.75) is 25.7 Å². The molecule has 106 valence electrons. The van der Waals surface area contributed by atoms with Crippen LogP contribution in [0.5, 0.6) is 0 Å². The zero-order valence-electron chi connectivity index (χ0n) is 10.9. The molecule has 0 bridgehead atoms. The molecule has 0 N–H and O–H groups in total. The summed E-state index contributed by atoms with van der Waals surface area (Å²) in [4.78, 5) is 8.50. The Morgan fingerprint density at radius 2 is 2.11 bits per heavy atom. The first-order chi connectivity index (χ1) is 8.95. The molecule has 5 nitrogen and oxygen atoms in total. The first-order valence-electron chi connectivity index (χ1n) is 6.36. The van der Waals surface area contributed by atoms with E-state index in [0.717, 1.165) is 36.0 Å². The highest BCUT2D eigenvalue weighted by atomic mass is 79.9. The third kappa shape index (κ3) is 4.50. The number of aromatic nitrogens is 2. The second kappa shape index (κ2) is 6.28. The summed E-state index contributed by atoms with van der Waals surface area (Å²) in [5, 5.41) is 0. The van der Waals surface area contributed by atoms with Crippen molar-refractivity contribution in [3.63, 3.8) is 0 Å². The van der Waals surface area contributed by atoms with Crippen LogP contribution in [-0.4, -0.2) is 42.0 Å². The fraction of sp³-hybridized carbons (Fsp3) is 0.667. The molecule has 1 aromatic heterocycles. The molecular formula is C12H18BrN3O2S. The third-order valence-electron chi connectivity index (χ3n) is 3.45. The van der Waals surface area contributed by atoms with E-state index < -0.39 is 10.0 Å². The van der Waals surface area contributed by atoms with E-state index in [1.165, 1.54) is 6.26 Å². The molecule has 1 fully saturated rings.